The van der Waals surface area contributed by atoms with Gasteiger partial charge in [-0.05, 0) is 104 Å². The van der Waals surface area contributed by atoms with Crippen LogP contribution < -0.4 is 4.74 Å². The van der Waals surface area contributed by atoms with Gasteiger partial charge in [0.2, 0.25) is 0 Å². The van der Waals surface area contributed by atoms with E-state index < -0.39 is 8.80 Å². The van der Waals surface area contributed by atoms with E-state index >= 15 is 0 Å². The number of benzene rings is 1. The Bertz CT molecular complexity index is 1050. The highest BCUT2D eigenvalue weighted by atomic mass is 28.4. The summed E-state index contributed by atoms with van der Waals surface area (Å²) in [5.74, 6) is 1.91. The highest BCUT2D eigenvalue weighted by Crippen LogP contribution is 2.35. The van der Waals surface area contributed by atoms with Crippen LogP contribution in [0.2, 0.25) is 6.04 Å². The molecule has 0 aromatic heterocycles. The maximum Gasteiger partial charge on any atom is 0.698 e. The van der Waals surface area contributed by atoms with E-state index in [4.69, 9.17) is 22.8 Å². The molecule has 0 N–H and O–H groups in total. The molecule has 0 radical (unpaired) electrons. The van der Waals surface area contributed by atoms with Gasteiger partial charge in [0, 0.05) is 24.8 Å². The molecule has 1 aromatic rings. The first-order valence-corrected chi connectivity index (χ1v) is 16.8. The molecule has 1 aliphatic rings. The van der Waals surface area contributed by atoms with Crippen molar-refractivity contribution in [3.63, 3.8) is 0 Å². The standard InChI is InChI=1S/C33H48O8Si/c1-8-18-37-32-14-10-30(11-15-32)31-12-16-33(17-13-31)38-19-9-20-42(39-27(5)21-24(2)34,40-28(6)22-25(3)35)41-29(7)23-26(4)36/h10-11,14-15,21-23,31,33H,8-9,12-13,16-20H2,1-7H3. The molecule has 0 aliphatic heterocycles. The summed E-state index contributed by atoms with van der Waals surface area (Å²) >= 11 is 0. The van der Waals surface area contributed by atoms with Crippen LogP contribution >= 0.6 is 0 Å². The molecule has 0 spiro atoms. The Balaban J connectivity index is 2.05. The molecule has 0 heterocycles. The lowest BCUT2D eigenvalue weighted by atomic mass is 9.83. The van der Waals surface area contributed by atoms with Gasteiger partial charge in [0.05, 0.1) is 36.0 Å². The van der Waals surface area contributed by atoms with Crippen LogP contribution in [0.25, 0.3) is 0 Å². The summed E-state index contributed by atoms with van der Waals surface area (Å²) in [6.45, 7) is 12.6. The van der Waals surface area contributed by atoms with E-state index in [1.54, 1.807) is 20.8 Å². The van der Waals surface area contributed by atoms with Gasteiger partial charge in [-0.25, -0.2) is 0 Å². The Kier molecular flexibility index (Phi) is 14.8. The van der Waals surface area contributed by atoms with Crippen LogP contribution in [-0.2, 0) is 32.4 Å². The molecule has 232 valence electrons. The predicted octanol–water partition coefficient (Wildman–Crippen LogP) is 7.38. The Morgan fingerprint density at radius 2 is 1.21 bits per heavy atom. The SMILES string of the molecule is CCCOc1ccc(C2CCC(OCCC[Si](OC(C)=CC(C)=O)(OC(C)=CC(C)=O)OC(C)=CC(C)=O)CC2)cc1. The molecule has 9 heteroatoms. The molecule has 0 unspecified atom stereocenters. The van der Waals surface area contributed by atoms with Gasteiger partial charge in [-0.15, -0.1) is 0 Å². The zero-order valence-electron chi connectivity index (χ0n) is 26.3. The number of hydrogen-bond acceptors (Lipinski definition) is 8. The van der Waals surface area contributed by atoms with E-state index in [9.17, 15) is 14.4 Å². The summed E-state index contributed by atoms with van der Waals surface area (Å²) in [6, 6.07) is 8.82. The van der Waals surface area contributed by atoms with Gasteiger partial charge in [0.25, 0.3) is 0 Å². The normalized spacial score (nSPS) is 19.5. The number of ketones is 3. The van der Waals surface area contributed by atoms with Crippen molar-refractivity contribution in [1.29, 1.82) is 0 Å². The first kappa shape index (κ1) is 35.0. The smallest absolute Gasteiger partial charge is 0.494 e. The van der Waals surface area contributed by atoms with E-state index in [0.717, 1.165) is 44.5 Å². The average Bonchev–Trinajstić information content (AvgIpc) is 2.89. The van der Waals surface area contributed by atoms with Crippen LogP contribution in [0.5, 0.6) is 5.75 Å². The largest absolute Gasteiger partial charge is 0.698 e. The summed E-state index contributed by atoms with van der Waals surface area (Å²) in [6.07, 6.45) is 9.91. The number of hydrogen-bond donors (Lipinski definition) is 0. The van der Waals surface area contributed by atoms with E-state index in [1.807, 2.05) is 0 Å². The number of allylic oxidation sites excluding steroid dienone is 6. The zero-order valence-corrected chi connectivity index (χ0v) is 27.3. The van der Waals surface area contributed by atoms with Crippen molar-refractivity contribution in [3.05, 3.63) is 65.3 Å². The number of carbonyl (C=O) groups excluding carboxylic acids is 3. The second kappa shape index (κ2) is 17.7. The lowest BCUT2D eigenvalue weighted by Gasteiger charge is -2.32. The number of rotatable bonds is 18. The van der Waals surface area contributed by atoms with Crippen LogP contribution in [0.15, 0.2) is 59.8 Å². The monoisotopic (exact) mass is 600 g/mol. The van der Waals surface area contributed by atoms with Gasteiger partial charge >= 0.3 is 8.80 Å². The predicted molar refractivity (Wildman–Crippen MR) is 165 cm³/mol. The minimum atomic E-state index is -3.59. The number of carbonyl (C=O) groups is 3. The van der Waals surface area contributed by atoms with E-state index in [-0.39, 0.29) is 23.5 Å². The van der Waals surface area contributed by atoms with Gasteiger partial charge in [0.1, 0.15) is 5.75 Å². The molecule has 1 aliphatic carbocycles. The minimum Gasteiger partial charge on any atom is -0.494 e. The molecule has 0 bridgehead atoms. The fourth-order valence-electron chi connectivity index (χ4n) is 5.06. The highest BCUT2D eigenvalue weighted by Gasteiger charge is 2.49. The molecule has 1 saturated carbocycles. The van der Waals surface area contributed by atoms with Crippen molar-refractivity contribution in [3.8, 4) is 5.75 Å². The first-order valence-electron chi connectivity index (χ1n) is 14.9. The third-order valence-electron chi connectivity index (χ3n) is 6.65. The highest BCUT2D eigenvalue weighted by molar-refractivity contribution is 6.61. The summed E-state index contributed by atoms with van der Waals surface area (Å²) in [4.78, 5) is 35.2. The zero-order chi connectivity index (χ0) is 31.1. The maximum absolute atomic E-state index is 11.7. The van der Waals surface area contributed by atoms with Crippen molar-refractivity contribution >= 4 is 26.2 Å². The molecule has 0 amide bonds. The van der Waals surface area contributed by atoms with Crippen LogP contribution in [0.4, 0.5) is 0 Å². The molecule has 1 fully saturated rings. The molecular weight excluding hydrogens is 552 g/mol. The third kappa shape index (κ3) is 13.2. The third-order valence-corrected chi connectivity index (χ3v) is 9.51. The average molecular weight is 601 g/mol. The van der Waals surface area contributed by atoms with E-state index in [0.29, 0.717) is 42.3 Å². The Labute approximate surface area is 252 Å². The molecule has 2 rings (SSSR count). The van der Waals surface area contributed by atoms with Crippen molar-refractivity contribution in [2.75, 3.05) is 13.2 Å². The Morgan fingerprint density at radius 1 is 0.738 bits per heavy atom. The van der Waals surface area contributed by atoms with Gasteiger partial charge < -0.3 is 22.8 Å². The summed E-state index contributed by atoms with van der Waals surface area (Å²) in [5, 5.41) is 0. The lowest BCUT2D eigenvalue weighted by molar-refractivity contribution is -0.113. The summed E-state index contributed by atoms with van der Waals surface area (Å²) < 4.78 is 30.6. The second-order valence-corrected chi connectivity index (χ2v) is 13.4. The van der Waals surface area contributed by atoms with Crippen LogP contribution in [0, 0.1) is 0 Å². The minimum absolute atomic E-state index is 0.172. The lowest BCUT2D eigenvalue weighted by Crippen LogP contribution is -2.45. The topological polar surface area (TPSA) is 97.4 Å². The van der Waals surface area contributed by atoms with Crippen molar-refractivity contribution in [1.82, 2.24) is 0 Å². The van der Waals surface area contributed by atoms with Crippen molar-refractivity contribution in [2.24, 2.45) is 0 Å². The Morgan fingerprint density at radius 3 is 1.64 bits per heavy atom. The molecule has 0 atom stereocenters. The van der Waals surface area contributed by atoms with Gasteiger partial charge in [-0.1, -0.05) is 19.1 Å². The quantitative estimate of drug-likeness (QED) is 0.0745. The van der Waals surface area contributed by atoms with Gasteiger partial charge in [-0.3, -0.25) is 14.4 Å². The van der Waals surface area contributed by atoms with Crippen LogP contribution in [0.3, 0.4) is 0 Å². The van der Waals surface area contributed by atoms with Crippen LogP contribution in [0.1, 0.15) is 98.5 Å². The van der Waals surface area contributed by atoms with E-state index in [1.165, 1.54) is 44.6 Å². The molecule has 42 heavy (non-hydrogen) atoms. The summed E-state index contributed by atoms with van der Waals surface area (Å²) in [5.41, 5.74) is 1.34. The maximum atomic E-state index is 11.7. The molecule has 8 nitrogen and oxygen atoms in total. The first-order chi connectivity index (χ1) is 19.9. The van der Waals surface area contributed by atoms with Gasteiger partial charge in [0.15, 0.2) is 17.3 Å². The second-order valence-electron chi connectivity index (χ2n) is 11.0. The number of ether oxygens (including phenoxy) is 2. The van der Waals surface area contributed by atoms with Crippen LogP contribution in [-0.4, -0.2) is 45.5 Å². The van der Waals surface area contributed by atoms with E-state index in [2.05, 4.69) is 31.2 Å². The van der Waals surface area contributed by atoms with Gasteiger partial charge in [-0.2, -0.15) is 0 Å². The molecule has 1 aromatic carbocycles. The molecular formula is C33H48O8Si. The van der Waals surface area contributed by atoms with Crippen molar-refractivity contribution in [2.45, 2.75) is 105 Å². The fraction of sp³-hybridized carbons (Fsp3) is 0.545. The Hall–Kier alpha value is -3.17. The molecule has 0 saturated heterocycles. The van der Waals surface area contributed by atoms with Crippen molar-refractivity contribution < 1.29 is 37.1 Å². The summed E-state index contributed by atoms with van der Waals surface area (Å²) in [7, 11) is -3.59. The fourth-order valence-corrected chi connectivity index (χ4v) is 7.71.